The van der Waals surface area contributed by atoms with Gasteiger partial charge < -0.3 is 11.1 Å². The van der Waals surface area contributed by atoms with Gasteiger partial charge in [-0.1, -0.05) is 24.3 Å². The van der Waals surface area contributed by atoms with E-state index >= 15 is 0 Å². The molecule has 5 nitrogen and oxygen atoms in total. The Kier molecular flexibility index (Phi) is 3.53. The lowest BCUT2D eigenvalue weighted by atomic mass is 10.1. The Morgan fingerprint density at radius 2 is 1.86 bits per heavy atom. The van der Waals surface area contributed by atoms with E-state index in [0.29, 0.717) is 21.7 Å². The number of benzene rings is 1. The molecule has 1 aromatic carbocycles. The van der Waals surface area contributed by atoms with Gasteiger partial charge in [0.25, 0.3) is 5.91 Å². The minimum atomic E-state index is -0.280. The largest absolute Gasteiger partial charge is 0.383 e. The van der Waals surface area contributed by atoms with Crippen molar-refractivity contribution in [3.8, 4) is 0 Å². The first kappa shape index (κ1) is 13.5. The van der Waals surface area contributed by atoms with Crippen molar-refractivity contribution in [3.05, 3.63) is 58.8 Å². The molecule has 0 unspecified atom stereocenters. The highest BCUT2D eigenvalue weighted by molar-refractivity contribution is 9.10. The number of nitrogens with two attached hydrogens (primary N) is 1. The van der Waals surface area contributed by atoms with Crippen molar-refractivity contribution in [1.82, 2.24) is 9.97 Å². The van der Waals surface area contributed by atoms with E-state index in [4.69, 9.17) is 5.73 Å². The number of hydrogen-bond acceptors (Lipinski definition) is 4. The van der Waals surface area contributed by atoms with E-state index in [1.807, 2.05) is 30.3 Å². The summed E-state index contributed by atoms with van der Waals surface area (Å²) >= 11 is 3.35. The number of nitrogens with zero attached hydrogens (tertiary/aromatic N) is 2. The minimum absolute atomic E-state index is 0.280. The van der Waals surface area contributed by atoms with Crippen molar-refractivity contribution >= 4 is 44.2 Å². The van der Waals surface area contributed by atoms with Crippen molar-refractivity contribution in [1.29, 1.82) is 0 Å². The van der Waals surface area contributed by atoms with Gasteiger partial charge in [0.1, 0.15) is 11.6 Å². The first-order chi connectivity index (χ1) is 10.2. The fraction of sp³-hybridized carbons (Fsp3) is 0. The van der Waals surface area contributed by atoms with Crippen LogP contribution < -0.4 is 11.1 Å². The lowest BCUT2D eigenvalue weighted by Gasteiger charge is -2.09. The molecule has 0 aliphatic rings. The topological polar surface area (TPSA) is 80.9 Å². The number of rotatable bonds is 2. The molecule has 3 rings (SSSR count). The molecular formula is C15H11BrN4O. The third-order valence-electron chi connectivity index (χ3n) is 3.06. The number of amides is 1. The van der Waals surface area contributed by atoms with Gasteiger partial charge in [0.05, 0.1) is 10.0 Å². The Hall–Kier alpha value is -2.47. The number of nitrogen functional groups attached to an aromatic ring is 1. The Labute approximate surface area is 129 Å². The predicted molar refractivity (Wildman–Crippen MR) is 86.0 cm³/mol. The van der Waals surface area contributed by atoms with Gasteiger partial charge in [-0.2, -0.15) is 0 Å². The molecule has 2 aromatic heterocycles. The highest BCUT2D eigenvalue weighted by Crippen LogP contribution is 2.24. The molecule has 0 aliphatic heterocycles. The second-order valence-corrected chi connectivity index (χ2v) is 5.24. The van der Waals surface area contributed by atoms with Gasteiger partial charge in [-0.15, -0.1) is 0 Å². The smallest absolute Gasteiger partial charge is 0.259 e. The van der Waals surface area contributed by atoms with E-state index in [-0.39, 0.29) is 5.91 Å². The predicted octanol–water partition coefficient (Wildman–Crippen LogP) is 3.23. The molecule has 3 N–H and O–H groups in total. The summed E-state index contributed by atoms with van der Waals surface area (Å²) in [5, 5.41) is 4.27. The number of aromatic nitrogens is 2. The van der Waals surface area contributed by atoms with Gasteiger partial charge in [-0.25, -0.2) is 9.97 Å². The summed E-state index contributed by atoms with van der Waals surface area (Å²) in [5.41, 5.74) is 6.30. The van der Waals surface area contributed by atoms with E-state index in [1.165, 1.54) is 6.20 Å². The number of halogens is 1. The maximum atomic E-state index is 12.4. The standard InChI is InChI=1S/C15H11BrN4O/c16-12-6-3-7-18-14(12)20-15(21)11-8-19-13(17)10-5-2-1-4-9(10)11/h1-8H,(H2,17,19)(H,18,20,21). The number of hydrogen-bond donors (Lipinski definition) is 2. The first-order valence-corrected chi connectivity index (χ1v) is 7.01. The number of carbonyl (C=O) groups is 1. The van der Waals surface area contributed by atoms with Crippen LogP contribution in [0.15, 0.2) is 53.3 Å². The highest BCUT2D eigenvalue weighted by atomic mass is 79.9. The summed E-state index contributed by atoms with van der Waals surface area (Å²) in [5.74, 6) is 0.586. The molecule has 0 saturated heterocycles. The molecular weight excluding hydrogens is 332 g/mol. The number of pyridine rings is 2. The van der Waals surface area contributed by atoms with E-state index in [1.54, 1.807) is 12.3 Å². The number of nitrogens with one attached hydrogen (secondary N) is 1. The average Bonchev–Trinajstić information content (AvgIpc) is 2.50. The quantitative estimate of drug-likeness (QED) is 0.749. The SMILES string of the molecule is Nc1ncc(C(=O)Nc2ncccc2Br)c2ccccc12. The van der Waals surface area contributed by atoms with Crippen LogP contribution in [0.25, 0.3) is 10.8 Å². The summed E-state index contributed by atoms with van der Waals surface area (Å²) in [4.78, 5) is 20.6. The van der Waals surface area contributed by atoms with E-state index < -0.39 is 0 Å². The lowest BCUT2D eigenvalue weighted by Crippen LogP contribution is -2.14. The molecule has 3 aromatic rings. The molecule has 0 fully saturated rings. The van der Waals surface area contributed by atoms with Crippen LogP contribution in [0, 0.1) is 0 Å². The van der Waals surface area contributed by atoms with Gasteiger partial charge >= 0.3 is 0 Å². The van der Waals surface area contributed by atoms with Gasteiger partial charge in [0.15, 0.2) is 0 Å². The summed E-state index contributed by atoms with van der Waals surface area (Å²) in [6.07, 6.45) is 3.09. The summed E-state index contributed by atoms with van der Waals surface area (Å²) in [6, 6.07) is 11.0. The molecule has 0 atom stereocenters. The monoisotopic (exact) mass is 342 g/mol. The third kappa shape index (κ3) is 2.57. The Balaban J connectivity index is 2.03. The van der Waals surface area contributed by atoms with Crippen molar-refractivity contribution in [3.63, 3.8) is 0 Å². The molecule has 0 spiro atoms. The van der Waals surface area contributed by atoms with E-state index in [2.05, 4.69) is 31.2 Å². The second kappa shape index (κ2) is 5.49. The molecule has 2 heterocycles. The molecule has 6 heteroatoms. The first-order valence-electron chi connectivity index (χ1n) is 6.22. The number of fused-ring (bicyclic) bond motifs is 1. The number of carbonyl (C=O) groups excluding carboxylic acids is 1. The van der Waals surface area contributed by atoms with Crippen molar-refractivity contribution in [2.45, 2.75) is 0 Å². The molecule has 0 aliphatic carbocycles. The zero-order chi connectivity index (χ0) is 14.8. The molecule has 0 saturated carbocycles. The van der Waals surface area contributed by atoms with Crippen LogP contribution in [0.5, 0.6) is 0 Å². The van der Waals surface area contributed by atoms with E-state index in [9.17, 15) is 4.79 Å². The van der Waals surface area contributed by atoms with Gasteiger partial charge in [-0.3, -0.25) is 4.79 Å². The molecule has 104 valence electrons. The van der Waals surface area contributed by atoms with Gasteiger partial charge in [0, 0.05) is 17.8 Å². The zero-order valence-electron chi connectivity index (χ0n) is 10.9. The van der Waals surface area contributed by atoms with E-state index in [0.717, 1.165) is 10.8 Å². The highest BCUT2D eigenvalue weighted by Gasteiger charge is 2.14. The average molecular weight is 343 g/mol. The molecule has 21 heavy (non-hydrogen) atoms. The van der Waals surface area contributed by atoms with Crippen LogP contribution in [0.4, 0.5) is 11.6 Å². The van der Waals surface area contributed by atoms with Crippen LogP contribution in [0.3, 0.4) is 0 Å². The Morgan fingerprint density at radius 3 is 2.62 bits per heavy atom. The van der Waals surface area contributed by atoms with Crippen molar-refractivity contribution in [2.75, 3.05) is 11.1 Å². The van der Waals surface area contributed by atoms with Crippen LogP contribution in [0.2, 0.25) is 0 Å². The van der Waals surface area contributed by atoms with Crippen LogP contribution in [0.1, 0.15) is 10.4 Å². The van der Waals surface area contributed by atoms with Crippen molar-refractivity contribution in [2.24, 2.45) is 0 Å². The second-order valence-electron chi connectivity index (χ2n) is 4.39. The maximum absolute atomic E-state index is 12.4. The normalized spacial score (nSPS) is 10.5. The molecule has 0 radical (unpaired) electrons. The van der Waals surface area contributed by atoms with Crippen LogP contribution >= 0.6 is 15.9 Å². The molecule has 1 amide bonds. The Bertz CT molecular complexity index is 835. The zero-order valence-corrected chi connectivity index (χ0v) is 12.5. The number of anilines is 2. The summed E-state index contributed by atoms with van der Waals surface area (Å²) in [7, 11) is 0. The summed E-state index contributed by atoms with van der Waals surface area (Å²) < 4.78 is 0.714. The fourth-order valence-corrected chi connectivity index (χ4v) is 2.40. The molecule has 0 bridgehead atoms. The fourth-order valence-electron chi connectivity index (χ4n) is 2.05. The van der Waals surface area contributed by atoms with Gasteiger partial charge in [-0.05, 0) is 33.4 Å². The van der Waals surface area contributed by atoms with Gasteiger partial charge in [0.2, 0.25) is 0 Å². The lowest BCUT2D eigenvalue weighted by molar-refractivity contribution is 0.102. The van der Waals surface area contributed by atoms with Crippen LogP contribution in [-0.2, 0) is 0 Å². The third-order valence-corrected chi connectivity index (χ3v) is 3.70. The van der Waals surface area contributed by atoms with Crippen molar-refractivity contribution < 1.29 is 4.79 Å². The van der Waals surface area contributed by atoms with Crippen LogP contribution in [-0.4, -0.2) is 15.9 Å². The Morgan fingerprint density at radius 1 is 1.10 bits per heavy atom. The minimum Gasteiger partial charge on any atom is -0.383 e. The summed E-state index contributed by atoms with van der Waals surface area (Å²) in [6.45, 7) is 0. The maximum Gasteiger partial charge on any atom is 0.259 e.